The number of carbonyl (C=O) groups is 2. The van der Waals surface area contributed by atoms with Crippen molar-refractivity contribution in [3.63, 3.8) is 0 Å². The third-order valence-electron chi connectivity index (χ3n) is 5.32. The zero-order valence-electron chi connectivity index (χ0n) is 17.5. The van der Waals surface area contributed by atoms with Crippen molar-refractivity contribution in [2.75, 3.05) is 11.4 Å². The maximum atomic E-state index is 12.1. The van der Waals surface area contributed by atoms with E-state index in [9.17, 15) is 9.59 Å². The molecule has 0 bridgehead atoms. The van der Waals surface area contributed by atoms with Gasteiger partial charge < -0.3 is 15.5 Å². The molecule has 1 aromatic carbocycles. The molecular formula is C23H26N6O2. The van der Waals surface area contributed by atoms with E-state index in [1.54, 1.807) is 17.1 Å². The fourth-order valence-electron chi connectivity index (χ4n) is 3.69. The lowest BCUT2D eigenvalue weighted by Crippen LogP contribution is -2.44. The molecule has 31 heavy (non-hydrogen) atoms. The normalized spacial score (nSPS) is 13.9. The maximum Gasteiger partial charge on any atom is 0.309 e. The molecule has 2 amide bonds. The summed E-state index contributed by atoms with van der Waals surface area (Å²) in [6.07, 6.45) is 6.23. The highest BCUT2D eigenvalue weighted by Gasteiger charge is 2.18. The van der Waals surface area contributed by atoms with Crippen molar-refractivity contribution in [3.05, 3.63) is 77.7 Å². The van der Waals surface area contributed by atoms with Crippen LogP contribution in [0.3, 0.4) is 0 Å². The molecule has 0 aliphatic carbocycles. The predicted octanol–water partition coefficient (Wildman–Crippen LogP) is 1.66. The van der Waals surface area contributed by atoms with Crippen LogP contribution in [-0.2, 0) is 35.6 Å². The number of fused-ring (bicyclic) bond motifs is 1. The second-order valence-electron chi connectivity index (χ2n) is 7.75. The van der Waals surface area contributed by atoms with Crippen LogP contribution in [-0.4, -0.2) is 39.2 Å². The van der Waals surface area contributed by atoms with Crippen LogP contribution in [0, 0.1) is 0 Å². The van der Waals surface area contributed by atoms with Gasteiger partial charge in [0.05, 0.1) is 6.54 Å². The molecule has 8 nitrogen and oxygen atoms in total. The molecule has 1 atom stereocenters. The summed E-state index contributed by atoms with van der Waals surface area (Å²) in [5.41, 5.74) is 3.57. The first kappa shape index (κ1) is 20.6. The molecule has 2 N–H and O–H groups in total. The number of amides is 2. The van der Waals surface area contributed by atoms with Crippen molar-refractivity contribution in [1.29, 1.82) is 0 Å². The van der Waals surface area contributed by atoms with E-state index in [0.29, 0.717) is 6.54 Å². The lowest BCUT2D eigenvalue weighted by Gasteiger charge is -2.29. The average molecular weight is 419 g/mol. The molecule has 3 aromatic rings. The summed E-state index contributed by atoms with van der Waals surface area (Å²) in [5, 5.41) is 9.42. The van der Waals surface area contributed by atoms with Crippen molar-refractivity contribution in [2.45, 2.75) is 39.0 Å². The van der Waals surface area contributed by atoms with Crippen LogP contribution in [0.4, 0.5) is 5.82 Å². The van der Waals surface area contributed by atoms with Gasteiger partial charge in [0.1, 0.15) is 5.82 Å². The summed E-state index contributed by atoms with van der Waals surface area (Å²) in [6, 6.07) is 14.0. The van der Waals surface area contributed by atoms with Gasteiger partial charge in [-0.25, -0.2) is 4.98 Å². The molecule has 0 spiro atoms. The van der Waals surface area contributed by atoms with E-state index in [4.69, 9.17) is 0 Å². The minimum absolute atomic E-state index is 0.214. The van der Waals surface area contributed by atoms with E-state index < -0.39 is 11.8 Å². The topological polar surface area (TPSA) is 92.1 Å². The number of hydrogen-bond acceptors (Lipinski definition) is 5. The van der Waals surface area contributed by atoms with Gasteiger partial charge in [0.25, 0.3) is 0 Å². The first-order valence-electron chi connectivity index (χ1n) is 10.4. The Balaban J connectivity index is 1.25. The highest BCUT2D eigenvalue weighted by Crippen LogP contribution is 2.22. The van der Waals surface area contributed by atoms with E-state index >= 15 is 0 Å². The molecule has 2 aromatic heterocycles. The van der Waals surface area contributed by atoms with Crippen LogP contribution in [0.5, 0.6) is 0 Å². The Morgan fingerprint density at radius 2 is 1.94 bits per heavy atom. The number of benzene rings is 1. The molecule has 4 rings (SSSR count). The molecule has 1 aliphatic heterocycles. The van der Waals surface area contributed by atoms with E-state index in [0.717, 1.165) is 30.9 Å². The average Bonchev–Trinajstić information content (AvgIpc) is 3.30. The zero-order chi connectivity index (χ0) is 21.6. The SMILES string of the molecule is CC(Cn1cccn1)NC(=O)C(=O)NCc1ccc(N2CCc3ccccc3C2)nc1. The second-order valence-corrected chi connectivity index (χ2v) is 7.75. The van der Waals surface area contributed by atoms with Crippen molar-refractivity contribution in [1.82, 2.24) is 25.4 Å². The van der Waals surface area contributed by atoms with Crippen molar-refractivity contribution < 1.29 is 9.59 Å². The zero-order valence-corrected chi connectivity index (χ0v) is 17.5. The third-order valence-corrected chi connectivity index (χ3v) is 5.32. The highest BCUT2D eigenvalue weighted by molar-refractivity contribution is 6.35. The van der Waals surface area contributed by atoms with Crippen LogP contribution < -0.4 is 15.5 Å². The standard InChI is InChI=1S/C23H26N6O2/c1-17(15-29-11-4-10-26-29)27-23(31)22(30)25-14-18-7-8-21(24-13-18)28-12-9-19-5-2-3-6-20(19)16-28/h2-8,10-11,13,17H,9,12,14-16H2,1H3,(H,25,30)(H,27,31). The third kappa shape index (κ3) is 5.28. The number of aromatic nitrogens is 3. The van der Waals surface area contributed by atoms with Gasteiger partial charge in [0.15, 0.2) is 0 Å². The largest absolute Gasteiger partial charge is 0.352 e. The molecule has 0 fully saturated rings. The van der Waals surface area contributed by atoms with E-state index in [-0.39, 0.29) is 12.6 Å². The molecular weight excluding hydrogens is 392 g/mol. The van der Waals surface area contributed by atoms with Gasteiger partial charge in [-0.2, -0.15) is 5.10 Å². The Hall–Kier alpha value is -3.68. The fourth-order valence-corrected chi connectivity index (χ4v) is 3.69. The molecule has 3 heterocycles. The predicted molar refractivity (Wildman–Crippen MR) is 117 cm³/mol. The van der Waals surface area contributed by atoms with Gasteiger partial charge in [-0.05, 0) is 42.2 Å². The Labute approximate surface area is 181 Å². The summed E-state index contributed by atoms with van der Waals surface area (Å²) < 4.78 is 1.71. The molecule has 0 saturated carbocycles. The number of nitrogens with zero attached hydrogens (tertiary/aromatic N) is 4. The number of carbonyl (C=O) groups excluding carboxylic acids is 2. The fraction of sp³-hybridized carbons (Fsp3) is 0.304. The monoisotopic (exact) mass is 418 g/mol. The highest BCUT2D eigenvalue weighted by atomic mass is 16.2. The van der Waals surface area contributed by atoms with Crippen LogP contribution >= 0.6 is 0 Å². The van der Waals surface area contributed by atoms with E-state index in [1.807, 2.05) is 31.3 Å². The smallest absolute Gasteiger partial charge is 0.309 e. The lowest BCUT2D eigenvalue weighted by atomic mass is 10.00. The maximum absolute atomic E-state index is 12.1. The Kier molecular flexibility index (Phi) is 6.26. The lowest BCUT2D eigenvalue weighted by molar-refractivity contribution is -0.139. The summed E-state index contributed by atoms with van der Waals surface area (Å²) in [6.45, 7) is 4.34. The quantitative estimate of drug-likeness (QED) is 0.594. The Morgan fingerprint density at radius 3 is 2.68 bits per heavy atom. The number of pyridine rings is 1. The van der Waals surface area contributed by atoms with Crippen LogP contribution in [0.25, 0.3) is 0 Å². The molecule has 1 aliphatic rings. The van der Waals surface area contributed by atoms with Crippen LogP contribution in [0.1, 0.15) is 23.6 Å². The first-order valence-corrected chi connectivity index (χ1v) is 10.4. The molecule has 0 saturated heterocycles. The molecule has 8 heteroatoms. The Morgan fingerprint density at radius 1 is 1.10 bits per heavy atom. The summed E-state index contributed by atoms with van der Waals surface area (Å²) in [7, 11) is 0. The summed E-state index contributed by atoms with van der Waals surface area (Å²) in [5.74, 6) is -0.407. The van der Waals surface area contributed by atoms with Gasteiger partial charge in [-0.3, -0.25) is 14.3 Å². The Bertz CT molecular complexity index is 1030. The van der Waals surface area contributed by atoms with Gasteiger partial charge in [-0.15, -0.1) is 0 Å². The summed E-state index contributed by atoms with van der Waals surface area (Å²) in [4.78, 5) is 31.0. The van der Waals surface area contributed by atoms with Gasteiger partial charge in [0.2, 0.25) is 0 Å². The molecule has 160 valence electrons. The molecule has 1 unspecified atom stereocenters. The van der Waals surface area contributed by atoms with Gasteiger partial charge in [0, 0.05) is 44.3 Å². The number of nitrogens with one attached hydrogen (secondary N) is 2. The summed E-state index contributed by atoms with van der Waals surface area (Å²) >= 11 is 0. The van der Waals surface area contributed by atoms with Crippen molar-refractivity contribution >= 4 is 17.6 Å². The van der Waals surface area contributed by atoms with Crippen molar-refractivity contribution in [2.24, 2.45) is 0 Å². The second kappa shape index (κ2) is 9.42. The van der Waals surface area contributed by atoms with Crippen LogP contribution in [0.15, 0.2) is 61.1 Å². The van der Waals surface area contributed by atoms with Gasteiger partial charge in [-0.1, -0.05) is 30.3 Å². The number of rotatable bonds is 6. The first-order chi connectivity index (χ1) is 15.1. The minimum Gasteiger partial charge on any atom is -0.352 e. The van der Waals surface area contributed by atoms with E-state index in [2.05, 4.69) is 49.9 Å². The minimum atomic E-state index is -0.663. The number of anilines is 1. The van der Waals surface area contributed by atoms with Gasteiger partial charge >= 0.3 is 11.8 Å². The number of hydrogen-bond donors (Lipinski definition) is 2. The van der Waals surface area contributed by atoms with Crippen molar-refractivity contribution in [3.8, 4) is 0 Å². The van der Waals surface area contributed by atoms with E-state index in [1.165, 1.54) is 11.1 Å². The molecule has 0 radical (unpaired) electrons. The van der Waals surface area contributed by atoms with Crippen LogP contribution in [0.2, 0.25) is 0 Å².